The normalized spacial score (nSPS) is 36.5. The molecular formula is C34H57NO8. The standard InChI is InChI=1S/C34H57NO8/c1-7-42-30(39)34(41,28(36)29(37)38)35-31(40)43-23-15-17-32(5)22(19-23)11-12-24-26-14-13-25(21(4)10-8-9-20(2)3)33(26,6)18-16-27(24)32/h11,20-21,23-29,36-38,41H,7-10,12-19H2,1-6H3,(H,35,40)/t21-,23+,24?,25-,26?,27?,28-,32+,33-,34+/m1/s1. The third-order valence-corrected chi connectivity index (χ3v) is 12.1. The molecule has 9 nitrogen and oxygen atoms in total. The van der Waals surface area contributed by atoms with Crippen molar-refractivity contribution in [2.45, 2.75) is 136 Å². The van der Waals surface area contributed by atoms with E-state index in [0.29, 0.717) is 30.1 Å². The summed E-state index contributed by atoms with van der Waals surface area (Å²) in [7, 11) is 0. The van der Waals surface area contributed by atoms with Crippen LogP contribution in [-0.2, 0) is 14.3 Å². The zero-order valence-corrected chi connectivity index (χ0v) is 27.2. The molecule has 246 valence electrons. The summed E-state index contributed by atoms with van der Waals surface area (Å²) in [5.74, 6) is 3.01. The summed E-state index contributed by atoms with van der Waals surface area (Å²) >= 11 is 0. The number of rotatable bonds is 11. The molecule has 3 fully saturated rings. The van der Waals surface area contributed by atoms with Gasteiger partial charge in [0.1, 0.15) is 6.10 Å². The maximum Gasteiger partial charge on any atom is 0.410 e. The fourth-order valence-corrected chi connectivity index (χ4v) is 9.79. The molecule has 0 heterocycles. The van der Waals surface area contributed by atoms with Gasteiger partial charge in [-0.25, -0.2) is 9.59 Å². The summed E-state index contributed by atoms with van der Waals surface area (Å²) in [6.07, 6.45) is 8.25. The van der Waals surface area contributed by atoms with Crippen LogP contribution in [0.3, 0.4) is 0 Å². The van der Waals surface area contributed by atoms with Gasteiger partial charge in [0, 0.05) is 6.42 Å². The predicted octanol–water partition coefficient (Wildman–Crippen LogP) is 5.05. The Morgan fingerprint density at radius 2 is 1.77 bits per heavy atom. The average Bonchev–Trinajstić information content (AvgIpc) is 3.29. The second kappa shape index (κ2) is 13.4. The molecule has 0 aliphatic heterocycles. The summed E-state index contributed by atoms with van der Waals surface area (Å²) < 4.78 is 10.3. The van der Waals surface area contributed by atoms with Gasteiger partial charge in [0.05, 0.1) is 6.61 Å². The van der Waals surface area contributed by atoms with Crippen LogP contribution in [-0.4, -0.2) is 63.3 Å². The molecule has 4 aliphatic rings. The van der Waals surface area contributed by atoms with E-state index in [1.807, 2.05) is 5.32 Å². The molecule has 0 spiro atoms. The Hall–Kier alpha value is -1.68. The number of amides is 1. The molecule has 0 aromatic rings. The van der Waals surface area contributed by atoms with Gasteiger partial charge in [-0.15, -0.1) is 0 Å². The summed E-state index contributed by atoms with van der Waals surface area (Å²) in [5, 5.41) is 41.4. The van der Waals surface area contributed by atoms with Gasteiger partial charge in [0.2, 0.25) is 0 Å². The van der Waals surface area contributed by atoms with Gasteiger partial charge in [-0.1, -0.05) is 65.5 Å². The van der Waals surface area contributed by atoms with Crippen molar-refractivity contribution in [2.24, 2.45) is 46.3 Å². The fourth-order valence-electron chi connectivity index (χ4n) is 9.79. The van der Waals surface area contributed by atoms with Gasteiger partial charge in [0.15, 0.2) is 12.4 Å². The first-order chi connectivity index (χ1) is 20.2. The molecule has 1 amide bonds. The number of aliphatic hydroxyl groups is 4. The summed E-state index contributed by atoms with van der Waals surface area (Å²) in [4.78, 5) is 25.1. The number of ether oxygens (including phenoxy) is 2. The number of hydrogen-bond acceptors (Lipinski definition) is 8. The molecule has 0 aromatic heterocycles. The molecule has 43 heavy (non-hydrogen) atoms. The van der Waals surface area contributed by atoms with Gasteiger partial charge in [-0.05, 0) is 98.2 Å². The molecule has 3 unspecified atom stereocenters. The fraction of sp³-hybridized carbons (Fsp3) is 0.882. The van der Waals surface area contributed by atoms with E-state index in [1.54, 1.807) is 0 Å². The van der Waals surface area contributed by atoms with E-state index in [1.165, 1.54) is 57.4 Å². The lowest BCUT2D eigenvalue weighted by molar-refractivity contribution is -0.219. The zero-order chi connectivity index (χ0) is 31.7. The Bertz CT molecular complexity index is 1030. The minimum Gasteiger partial charge on any atom is -0.462 e. The quantitative estimate of drug-likeness (QED) is 0.125. The van der Waals surface area contributed by atoms with Gasteiger partial charge >= 0.3 is 12.1 Å². The minimum atomic E-state index is -3.07. The highest BCUT2D eigenvalue weighted by Gasteiger charge is 2.59. The molecule has 0 radical (unpaired) electrons. The van der Waals surface area contributed by atoms with E-state index in [9.17, 15) is 30.0 Å². The van der Waals surface area contributed by atoms with E-state index < -0.39 is 36.3 Å². The number of esters is 1. The summed E-state index contributed by atoms with van der Waals surface area (Å²) in [6, 6.07) is 0. The van der Waals surface area contributed by atoms with Crippen molar-refractivity contribution in [1.29, 1.82) is 0 Å². The van der Waals surface area contributed by atoms with Crippen LogP contribution in [0.5, 0.6) is 0 Å². The number of hydrogen-bond donors (Lipinski definition) is 5. The van der Waals surface area contributed by atoms with Crippen molar-refractivity contribution < 1.29 is 39.5 Å². The highest BCUT2D eigenvalue weighted by Crippen LogP contribution is 2.67. The Morgan fingerprint density at radius 1 is 1.05 bits per heavy atom. The van der Waals surface area contributed by atoms with Crippen LogP contribution < -0.4 is 5.32 Å². The second-order valence-corrected chi connectivity index (χ2v) is 15.0. The number of alkyl carbamates (subject to hydrolysis) is 1. The summed E-state index contributed by atoms with van der Waals surface area (Å²) in [6.45, 7) is 13.5. The minimum absolute atomic E-state index is 0.0599. The van der Waals surface area contributed by atoms with Crippen molar-refractivity contribution >= 4 is 12.1 Å². The number of carbonyl (C=O) groups excluding carboxylic acids is 2. The van der Waals surface area contributed by atoms with Crippen LogP contribution in [0.15, 0.2) is 11.6 Å². The zero-order valence-electron chi connectivity index (χ0n) is 27.2. The van der Waals surface area contributed by atoms with Crippen molar-refractivity contribution in [3.63, 3.8) is 0 Å². The first-order valence-corrected chi connectivity index (χ1v) is 16.8. The van der Waals surface area contributed by atoms with E-state index >= 15 is 0 Å². The predicted molar refractivity (Wildman–Crippen MR) is 162 cm³/mol. The molecule has 3 saturated carbocycles. The van der Waals surface area contributed by atoms with Crippen LogP contribution in [0, 0.1) is 46.3 Å². The lowest BCUT2D eigenvalue weighted by atomic mass is 9.47. The van der Waals surface area contributed by atoms with Crippen molar-refractivity contribution in [3.05, 3.63) is 11.6 Å². The second-order valence-electron chi connectivity index (χ2n) is 15.0. The van der Waals surface area contributed by atoms with E-state index in [4.69, 9.17) is 9.47 Å². The Kier molecular flexibility index (Phi) is 10.6. The molecule has 0 saturated heterocycles. The number of fused-ring (bicyclic) bond motifs is 5. The molecular weight excluding hydrogens is 550 g/mol. The third-order valence-electron chi connectivity index (χ3n) is 12.1. The van der Waals surface area contributed by atoms with Crippen LogP contribution in [0.4, 0.5) is 4.79 Å². The number of allylic oxidation sites excluding steroid dienone is 1. The Balaban J connectivity index is 1.41. The van der Waals surface area contributed by atoms with E-state index in [0.717, 1.165) is 36.5 Å². The third kappa shape index (κ3) is 6.66. The molecule has 4 rings (SSSR count). The van der Waals surface area contributed by atoms with Crippen molar-refractivity contribution in [1.82, 2.24) is 5.32 Å². The molecule has 0 aromatic carbocycles. The lowest BCUT2D eigenvalue weighted by Crippen LogP contribution is -2.66. The maximum atomic E-state index is 12.8. The molecule has 5 N–H and O–H groups in total. The average molecular weight is 608 g/mol. The maximum absolute atomic E-state index is 12.8. The Morgan fingerprint density at radius 3 is 2.42 bits per heavy atom. The molecule has 10 atom stereocenters. The van der Waals surface area contributed by atoms with Crippen LogP contribution >= 0.6 is 0 Å². The first-order valence-electron chi connectivity index (χ1n) is 16.8. The highest BCUT2D eigenvalue weighted by molar-refractivity contribution is 5.84. The van der Waals surface area contributed by atoms with Crippen LogP contribution in [0.25, 0.3) is 0 Å². The lowest BCUT2D eigenvalue weighted by Gasteiger charge is -2.58. The summed E-state index contributed by atoms with van der Waals surface area (Å²) in [5.41, 5.74) is -1.27. The topological polar surface area (TPSA) is 146 Å². The van der Waals surface area contributed by atoms with E-state index in [2.05, 4.69) is 40.7 Å². The van der Waals surface area contributed by atoms with Gasteiger partial charge in [-0.2, -0.15) is 0 Å². The van der Waals surface area contributed by atoms with Crippen LogP contribution in [0.1, 0.15) is 112 Å². The molecule has 0 bridgehead atoms. The van der Waals surface area contributed by atoms with Gasteiger partial charge < -0.3 is 29.9 Å². The van der Waals surface area contributed by atoms with Gasteiger partial charge in [0.25, 0.3) is 5.72 Å². The van der Waals surface area contributed by atoms with Crippen molar-refractivity contribution in [2.75, 3.05) is 6.61 Å². The molecule has 9 heteroatoms. The number of aliphatic hydroxyl groups excluding tert-OH is 2. The smallest absolute Gasteiger partial charge is 0.410 e. The van der Waals surface area contributed by atoms with Gasteiger partial charge in [-0.3, -0.25) is 5.32 Å². The monoisotopic (exact) mass is 607 g/mol. The molecule has 4 aliphatic carbocycles. The highest BCUT2D eigenvalue weighted by atomic mass is 16.6. The Labute approximate surface area is 257 Å². The number of nitrogens with one attached hydrogen (secondary N) is 1. The first kappa shape index (κ1) is 34.2. The van der Waals surface area contributed by atoms with Crippen molar-refractivity contribution in [3.8, 4) is 0 Å². The SMILES string of the molecule is CCOC(=O)[C@](O)(NC(=O)O[C@H]1CC[C@@]2(C)C(=CCC3C2CC[C@@]2(C)C3CC[C@@H]2[C@H](C)CCCC(C)C)C1)[C@H](O)C(O)O. The van der Waals surface area contributed by atoms with E-state index in [-0.39, 0.29) is 12.0 Å². The van der Waals surface area contributed by atoms with Crippen LogP contribution in [0.2, 0.25) is 0 Å². The largest absolute Gasteiger partial charge is 0.462 e. The number of carbonyl (C=O) groups is 2.